The fourth-order valence-corrected chi connectivity index (χ4v) is 5.05. The lowest BCUT2D eigenvalue weighted by Crippen LogP contribution is -2.30. The van der Waals surface area contributed by atoms with Crippen LogP contribution in [-0.2, 0) is 14.3 Å². The van der Waals surface area contributed by atoms with E-state index in [4.69, 9.17) is 4.74 Å². The van der Waals surface area contributed by atoms with Crippen LogP contribution in [0.25, 0.3) is 6.08 Å². The molecular weight excluding hydrogens is 608 g/mol. The maximum Gasteiger partial charge on any atom is 0.338 e. The van der Waals surface area contributed by atoms with Crippen molar-refractivity contribution < 1.29 is 28.8 Å². The summed E-state index contributed by atoms with van der Waals surface area (Å²) in [6.45, 7) is 3.71. The van der Waals surface area contributed by atoms with Crippen molar-refractivity contribution in [1.29, 1.82) is 0 Å². The smallest absolute Gasteiger partial charge is 0.338 e. The summed E-state index contributed by atoms with van der Waals surface area (Å²) in [7, 11) is 0. The Bertz CT molecular complexity index is 1780. The number of nitro benzene ring substituents is 1. The maximum absolute atomic E-state index is 13.4. The van der Waals surface area contributed by atoms with E-state index in [2.05, 4.69) is 16.0 Å². The van der Waals surface area contributed by atoms with Crippen LogP contribution in [-0.4, -0.2) is 40.5 Å². The van der Waals surface area contributed by atoms with Gasteiger partial charge in [0.15, 0.2) is 0 Å². The predicted molar refractivity (Wildman–Crippen MR) is 176 cm³/mol. The van der Waals surface area contributed by atoms with Gasteiger partial charge in [0, 0.05) is 27.9 Å². The Labute approximate surface area is 269 Å². The number of carbonyl (C=O) groups excluding carboxylic acids is 4. The van der Waals surface area contributed by atoms with Gasteiger partial charge in [0.1, 0.15) is 5.70 Å². The van der Waals surface area contributed by atoms with Crippen LogP contribution >= 0.6 is 11.8 Å². The van der Waals surface area contributed by atoms with Crippen LogP contribution in [0.2, 0.25) is 0 Å². The fourth-order valence-electron chi connectivity index (χ4n) is 4.12. The molecule has 0 saturated heterocycles. The second-order valence-corrected chi connectivity index (χ2v) is 11.1. The molecule has 4 rings (SSSR count). The van der Waals surface area contributed by atoms with Crippen LogP contribution < -0.4 is 16.0 Å². The summed E-state index contributed by atoms with van der Waals surface area (Å²) < 4.78 is 4.97. The molecule has 0 spiro atoms. The van der Waals surface area contributed by atoms with E-state index in [0.29, 0.717) is 27.4 Å². The molecule has 0 bridgehead atoms. The Kier molecular flexibility index (Phi) is 11.4. The van der Waals surface area contributed by atoms with E-state index >= 15 is 0 Å². The molecule has 11 nitrogen and oxygen atoms in total. The molecule has 3 N–H and O–H groups in total. The van der Waals surface area contributed by atoms with E-state index in [-0.39, 0.29) is 29.5 Å². The highest BCUT2D eigenvalue weighted by molar-refractivity contribution is 8.00. The molecule has 0 heterocycles. The van der Waals surface area contributed by atoms with Crippen LogP contribution in [0.4, 0.5) is 17.1 Å². The van der Waals surface area contributed by atoms with E-state index in [1.54, 1.807) is 98.8 Å². The Morgan fingerprint density at radius 3 is 2.24 bits per heavy atom. The van der Waals surface area contributed by atoms with Crippen molar-refractivity contribution in [3.63, 3.8) is 0 Å². The largest absolute Gasteiger partial charge is 0.462 e. The Morgan fingerprint density at radius 1 is 0.848 bits per heavy atom. The van der Waals surface area contributed by atoms with Crippen molar-refractivity contribution in [3.05, 3.63) is 136 Å². The number of thioether (sulfide) groups is 1. The second-order valence-electron chi connectivity index (χ2n) is 9.72. The van der Waals surface area contributed by atoms with Gasteiger partial charge in [0.25, 0.3) is 17.5 Å². The molecule has 0 fully saturated rings. The van der Waals surface area contributed by atoms with Gasteiger partial charge in [-0.3, -0.25) is 24.5 Å². The van der Waals surface area contributed by atoms with E-state index in [1.165, 1.54) is 36.0 Å². The van der Waals surface area contributed by atoms with Crippen molar-refractivity contribution in [2.24, 2.45) is 0 Å². The van der Waals surface area contributed by atoms with Gasteiger partial charge < -0.3 is 20.7 Å². The van der Waals surface area contributed by atoms with Gasteiger partial charge in [-0.15, -0.1) is 11.8 Å². The standard InChI is InChI=1S/C34H30N4O7S/c1-3-45-34(42)24-16-18-26(19-17-24)35-31(39)22(2)46-28-14-9-13-27(21-28)36-33(41)29(37-32(40)23-10-5-4-6-11-23)20-25-12-7-8-15-30(25)38(43)44/h4-22H,3H2,1-2H3,(H,35,39)(H,36,41)(H,37,40)/b29-20+. The molecule has 0 radical (unpaired) electrons. The first-order valence-corrected chi connectivity index (χ1v) is 15.0. The van der Waals surface area contributed by atoms with Gasteiger partial charge in [-0.2, -0.15) is 0 Å². The van der Waals surface area contributed by atoms with Crippen LogP contribution in [0.1, 0.15) is 40.1 Å². The zero-order valence-electron chi connectivity index (χ0n) is 24.9. The molecule has 234 valence electrons. The molecule has 12 heteroatoms. The number of nitro groups is 1. The van der Waals surface area contributed by atoms with E-state index in [0.717, 1.165) is 0 Å². The third-order valence-corrected chi connectivity index (χ3v) is 7.49. The van der Waals surface area contributed by atoms with E-state index in [9.17, 15) is 29.3 Å². The SMILES string of the molecule is CCOC(=O)c1ccc(NC(=O)C(C)Sc2cccc(NC(=O)/C(=C\c3ccccc3[N+](=O)[O-])NC(=O)c3ccccc3)c2)cc1. The lowest BCUT2D eigenvalue weighted by Gasteiger charge is -2.14. The molecule has 0 saturated carbocycles. The molecule has 4 aromatic carbocycles. The number of anilines is 2. The van der Waals surface area contributed by atoms with Crippen molar-refractivity contribution in [1.82, 2.24) is 5.32 Å². The first-order chi connectivity index (χ1) is 22.1. The van der Waals surface area contributed by atoms with Gasteiger partial charge in [0.05, 0.1) is 27.9 Å². The van der Waals surface area contributed by atoms with E-state index < -0.39 is 28.0 Å². The number of amides is 3. The summed E-state index contributed by atoms with van der Waals surface area (Å²) in [5.41, 5.74) is 1.25. The Hall–Kier alpha value is -5.75. The average molecular weight is 639 g/mol. The van der Waals surface area contributed by atoms with Crippen LogP contribution in [0, 0.1) is 10.1 Å². The van der Waals surface area contributed by atoms with Gasteiger partial charge >= 0.3 is 5.97 Å². The van der Waals surface area contributed by atoms with Crippen molar-refractivity contribution in [3.8, 4) is 0 Å². The molecule has 0 aliphatic rings. The summed E-state index contributed by atoms with van der Waals surface area (Å²) >= 11 is 1.25. The van der Waals surface area contributed by atoms with Crippen LogP contribution in [0.3, 0.4) is 0 Å². The molecule has 1 unspecified atom stereocenters. The van der Waals surface area contributed by atoms with Crippen molar-refractivity contribution in [2.45, 2.75) is 24.0 Å². The molecular formula is C34H30N4O7S. The minimum atomic E-state index is -0.707. The van der Waals surface area contributed by atoms with Crippen molar-refractivity contribution >= 4 is 58.6 Å². The van der Waals surface area contributed by atoms with Gasteiger partial charge in [0.2, 0.25) is 5.91 Å². The summed E-state index contributed by atoms with van der Waals surface area (Å²) in [5, 5.41) is 19.2. The number of rotatable bonds is 12. The number of carbonyl (C=O) groups is 4. The third-order valence-electron chi connectivity index (χ3n) is 6.40. The average Bonchev–Trinajstić information content (AvgIpc) is 3.05. The first kappa shape index (κ1) is 33.1. The number of ether oxygens (including phenoxy) is 1. The minimum Gasteiger partial charge on any atom is -0.462 e. The lowest BCUT2D eigenvalue weighted by atomic mass is 10.1. The first-order valence-electron chi connectivity index (χ1n) is 14.1. The number of nitrogens with one attached hydrogen (secondary N) is 3. The molecule has 0 aliphatic heterocycles. The highest BCUT2D eigenvalue weighted by atomic mass is 32.2. The maximum atomic E-state index is 13.4. The summed E-state index contributed by atoms with van der Waals surface area (Å²) in [4.78, 5) is 62.8. The van der Waals surface area contributed by atoms with E-state index in [1.807, 2.05) is 0 Å². The van der Waals surface area contributed by atoms with Crippen molar-refractivity contribution in [2.75, 3.05) is 17.2 Å². The molecule has 0 aliphatic carbocycles. The predicted octanol–water partition coefficient (Wildman–Crippen LogP) is 6.30. The number of para-hydroxylation sites is 1. The third kappa shape index (κ3) is 9.13. The Morgan fingerprint density at radius 2 is 1.54 bits per heavy atom. The second kappa shape index (κ2) is 15.8. The van der Waals surface area contributed by atoms with Gasteiger partial charge in [-0.25, -0.2) is 4.79 Å². The highest BCUT2D eigenvalue weighted by Gasteiger charge is 2.19. The molecule has 0 aromatic heterocycles. The number of benzene rings is 4. The zero-order chi connectivity index (χ0) is 33.1. The topological polar surface area (TPSA) is 157 Å². The van der Waals surface area contributed by atoms with Crippen LogP contribution in [0.5, 0.6) is 0 Å². The number of hydrogen-bond donors (Lipinski definition) is 3. The summed E-state index contributed by atoms with van der Waals surface area (Å²) in [6.07, 6.45) is 1.25. The normalized spacial score (nSPS) is 11.6. The minimum absolute atomic E-state index is 0.130. The fraction of sp³-hybridized carbons (Fsp3) is 0.118. The molecule has 46 heavy (non-hydrogen) atoms. The number of nitrogens with zero attached hydrogens (tertiary/aromatic N) is 1. The number of esters is 1. The molecule has 3 amide bonds. The van der Waals surface area contributed by atoms with Crippen LogP contribution in [0.15, 0.2) is 114 Å². The quantitative estimate of drug-likeness (QED) is 0.0537. The number of hydrogen-bond acceptors (Lipinski definition) is 8. The lowest BCUT2D eigenvalue weighted by molar-refractivity contribution is -0.385. The molecule has 1 atom stereocenters. The van der Waals surface area contributed by atoms with Gasteiger partial charge in [-0.1, -0.05) is 36.4 Å². The van der Waals surface area contributed by atoms with Gasteiger partial charge in [-0.05, 0) is 80.6 Å². The Balaban J connectivity index is 1.47. The summed E-state index contributed by atoms with van der Waals surface area (Å²) in [6, 6.07) is 27.3. The summed E-state index contributed by atoms with van der Waals surface area (Å²) in [5.74, 6) is -2.00. The monoisotopic (exact) mass is 638 g/mol. The zero-order valence-corrected chi connectivity index (χ0v) is 25.7. The highest BCUT2D eigenvalue weighted by Crippen LogP contribution is 2.27. The molecule has 4 aromatic rings.